The van der Waals surface area contributed by atoms with E-state index in [0.29, 0.717) is 27.9 Å². The first-order valence-corrected chi connectivity index (χ1v) is 7.69. The van der Waals surface area contributed by atoms with E-state index in [1.165, 1.54) is 0 Å². The first-order valence-electron chi connectivity index (χ1n) is 7.31. The van der Waals surface area contributed by atoms with E-state index in [4.69, 9.17) is 21.1 Å². The Balaban J connectivity index is 1.61. The Labute approximate surface area is 143 Å². The normalized spacial score (nSPS) is 15.8. The quantitative estimate of drug-likeness (QED) is 0.892. The summed E-state index contributed by atoms with van der Waals surface area (Å²) in [7, 11) is 0. The molecule has 0 aliphatic carbocycles. The first kappa shape index (κ1) is 16.1. The molecule has 1 aliphatic heterocycles. The zero-order chi connectivity index (χ0) is 17.1. The van der Waals surface area contributed by atoms with Gasteiger partial charge in [0.2, 0.25) is 0 Å². The lowest BCUT2D eigenvalue weighted by molar-refractivity contribution is -0.122. The van der Waals surface area contributed by atoms with Crippen molar-refractivity contribution in [1.82, 2.24) is 0 Å². The number of amides is 2. The molecule has 6 nitrogen and oxygen atoms in total. The number of carbonyl (C=O) groups excluding carboxylic acids is 2. The lowest BCUT2D eigenvalue weighted by Gasteiger charge is -2.23. The fraction of sp³-hybridized carbons (Fsp3) is 0.176. The van der Waals surface area contributed by atoms with Crippen molar-refractivity contribution in [3.63, 3.8) is 0 Å². The largest absolute Gasteiger partial charge is 0.484 e. The summed E-state index contributed by atoms with van der Waals surface area (Å²) in [5, 5.41) is 5.96. The maximum atomic E-state index is 12.0. The summed E-state index contributed by atoms with van der Waals surface area (Å²) in [6.45, 7) is 1.51. The molecule has 2 aromatic carbocycles. The number of benzene rings is 2. The van der Waals surface area contributed by atoms with Gasteiger partial charge in [0.1, 0.15) is 11.5 Å². The Kier molecular flexibility index (Phi) is 4.57. The van der Waals surface area contributed by atoms with Gasteiger partial charge in [0.25, 0.3) is 11.8 Å². The number of rotatable bonds is 4. The van der Waals surface area contributed by atoms with Gasteiger partial charge in [-0.05, 0) is 43.3 Å². The molecule has 7 heteroatoms. The predicted octanol–water partition coefficient (Wildman–Crippen LogP) is 3.08. The number of hydrogen-bond acceptors (Lipinski definition) is 4. The smallest absolute Gasteiger partial charge is 0.265 e. The van der Waals surface area contributed by atoms with Gasteiger partial charge in [0.05, 0.1) is 5.69 Å². The average molecular weight is 347 g/mol. The molecule has 0 saturated carbocycles. The maximum Gasteiger partial charge on any atom is 0.265 e. The molecule has 2 amide bonds. The van der Waals surface area contributed by atoms with E-state index in [1.54, 1.807) is 49.4 Å². The van der Waals surface area contributed by atoms with Crippen LogP contribution in [0.25, 0.3) is 0 Å². The molecule has 0 fully saturated rings. The molecule has 0 spiro atoms. The zero-order valence-electron chi connectivity index (χ0n) is 12.8. The highest BCUT2D eigenvalue weighted by Gasteiger charge is 2.23. The van der Waals surface area contributed by atoms with E-state index in [-0.39, 0.29) is 18.4 Å². The molecular formula is C17H15ClN2O4. The number of ether oxygens (including phenoxy) is 2. The molecule has 2 N–H and O–H groups in total. The fourth-order valence-corrected chi connectivity index (χ4v) is 2.37. The number of halogens is 1. The summed E-state index contributed by atoms with van der Waals surface area (Å²) in [5.74, 6) is 0.523. The van der Waals surface area contributed by atoms with Crippen molar-refractivity contribution in [3.05, 3.63) is 47.5 Å². The molecule has 2 aromatic rings. The Morgan fingerprint density at radius 1 is 1.33 bits per heavy atom. The van der Waals surface area contributed by atoms with Gasteiger partial charge in [0.15, 0.2) is 12.7 Å². The predicted molar refractivity (Wildman–Crippen MR) is 90.7 cm³/mol. The molecule has 124 valence electrons. The zero-order valence-corrected chi connectivity index (χ0v) is 13.6. The number of nitrogens with one attached hydrogen (secondary N) is 2. The third kappa shape index (κ3) is 3.78. The standard InChI is InChI=1S/C17H15ClN2O4/c1-10-17(22)20-14-8-12(5-6-15(14)24-10)19-16(21)9-23-13-4-2-3-11(18)7-13/h2-8,10H,9H2,1H3,(H,19,21)(H,20,22)/t10-/m1/s1. The maximum absolute atomic E-state index is 12.0. The van der Waals surface area contributed by atoms with Crippen LogP contribution in [0, 0.1) is 0 Å². The Morgan fingerprint density at radius 3 is 2.96 bits per heavy atom. The first-order chi connectivity index (χ1) is 11.5. The summed E-state index contributed by atoms with van der Waals surface area (Å²) in [6, 6.07) is 11.8. The minimum atomic E-state index is -0.538. The second kappa shape index (κ2) is 6.80. The van der Waals surface area contributed by atoms with Crippen LogP contribution in [0.3, 0.4) is 0 Å². The Hall–Kier alpha value is -2.73. The van der Waals surface area contributed by atoms with E-state index in [2.05, 4.69) is 10.6 Å². The van der Waals surface area contributed by atoms with E-state index in [0.717, 1.165) is 0 Å². The van der Waals surface area contributed by atoms with E-state index < -0.39 is 6.10 Å². The monoisotopic (exact) mass is 346 g/mol. The summed E-state index contributed by atoms with van der Waals surface area (Å²) in [6.07, 6.45) is -0.538. The fourth-order valence-electron chi connectivity index (χ4n) is 2.19. The van der Waals surface area contributed by atoms with Crippen LogP contribution in [0.15, 0.2) is 42.5 Å². The lowest BCUT2D eigenvalue weighted by Crippen LogP contribution is -2.34. The number of hydrogen-bond donors (Lipinski definition) is 2. The van der Waals surface area contributed by atoms with Crippen LogP contribution in [-0.4, -0.2) is 24.5 Å². The van der Waals surface area contributed by atoms with Gasteiger partial charge in [-0.2, -0.15) is 0 Å². The number of anilines is 2. The minimum absolute atomic E-state index is 0.155. The van der Waals surface area contributed by atoms with Crippen LogP contribution >= 0.6 is 11.6 Å². The average Bonchev–Trinajstić information content (AvgIpc) is 2.54. The SMILES string of the molecule is C[C@H]1Oc2ccc(NC(=O)COc3cccc(Cl)c3)cc2NC1=O. The molecule has 3 rings (SSSR count). The van der Waals surface area contributed by atoms with E-state index in [1.807, 2.05) is 0 Å². The van der Waals surface area contributed by atoms with Crippen LogP contribution in [-0.2, 0) is 9.59 Å². The molecule has 0 saturated heterocycles. The van der Waals surface area contributed by atoms with Crippen molar-refractivity contribution < 1.29 is 19.1 Å². The van der Waals surface area contributed by atoms with E-state index >= 15 is 0 Å². The van der Waals surface area contributed by atoms with Crippen LogP contribution in [0.5, 0.6) is 11.5 Å². The van der Waals surface area contributed by atoms with Gasteiger partial charge < -0.3 is 20.1 Å². The third-order valence-electron chi connectivity index (χ3n) is 3.36. The van der Waals surface area contributed by atoms with Crippen LogP contribution in [0.1, 0.15) is 6.92 Å². The lowest BCUT2D eigenvalue weighted by atomic mass is 10.2. The third-order valence-corrected chi connectivity index (χ3v) is 3.60. The van der Waals surface area contributed by atoms with Crippen LogP contribution in [0.4, 0.5) is 11.4 Å². The van der Waals surface area contributed by atoms with Gasteiger partial charge >= 0.3 is 0 Å². The minimum Gasteiger partial charge on any atom is -0.484 e. The summed E-state index contributed by atoms with van der Waals surface area (Å²) in [5.41, 5.74) is 1.05. The molecule has 0 radical (unpaired) electrons. The molecular weight excluding hydrogens is 332 g/mol. The van der Waals surface area contributed by atoms with E-state index in [9.17, 15) is 9.59 Å². The molecule has 1 aliphatic rings. The van der Waals surface area contributed by atoms with Crippen molar-refractivity contribution in [2.24, 2.45) is 0 Å². The topological polar surface area (TPSA) is 76.7 Å². The molecule has 0 bridgehead atoms. The Morgan fingerprint density at radius 2 is 2.17 bits per heavy atom. The summed E-state index contributed by atoms with van der Waals surface area (Å²) >= 11 is 5.85. The highest BCUT2D eigenvalue weighted by Crippen LogP contribution is 2.32. The second-order valence-electron chi connectivity index (χ2n) is 5.25. The molecule has 1 heterocycles. The van der Waals surface area contributed by atoms with Gasteiger partial charge in [-0.15, -0.1) is 0 Å². The highest BCUT2D eigenvalue weighted by atomic mass is 35.5. The van der Waals surface area contributed by atoms with Crippen molar-refractivity contribution in [3.8, 4) is 11.5 Å². The molecule has 24 heavy (non-hydrogen) atoms. The highest BCUT2D eigenvalue weighted by molar-refractivity contribution is 6.30. The van der Waals surface area contributed by atoms with Crippen molar-refractivity contribution in [1.29, 1.82) is 0 Å². The number of carbonyl (C=O) groups is 2. The number of fused-ring (bicyclic) bond motifs is 1. The second-order valence-corrected chi connectivity index (χ2v) is 5.69. The van der Waals surface area contributed by atoms with Crippen molar-refractivity contribution in [2.45, 2.75) is 13.0 Å². The van der Waals surface area contributed by atoms with Crippen LogP contribution < -0.4 is 20.1 Å². The molecule has 0 unspecified atom stereocenters. The van der Waals surface area contributed by atoms with Gasteiger partial charge in [-0.1, -0.05) is 17.7 Å². The van der Waals surface area contributed by atoms with Gasteiger partial charge in [-0.25, -0.2) is 0 Å². The van der Waals surface area contributed by atoms with Gasteiger partial charge in [0, 0.05) is 10.7 Å². The van der Waals surface area contributed by atoms with Crippen LogP contribution in [0.2, 0.25) is 5.02 Å². The summed E-state index contributed by atoms with van der Waals surface area (Å²) < 4.78 is 10.8. The summed E-state index contributed by atoms with van der Waals surface area (Å²) in [4.78, 5) is 23.6. The van der Waals surface area contributed by atoms with Crippen molar-refractivity contribution >= 4 is 34.8 Å². The molecule has 0 aromatic heterocycles. The van der Waals surface area contributed by atoms with Crippen molar-refractivity contribution in [2.75, 3.05) is 17.2 Å². The van der Waals surface area contributed by atoms with Gasteiger partial charge in [-0.3, -0.25) is 9.59 Å². The molecule has 1 atom stereocenters. The Bertz CT molecular complexity index is 794.